The summed E-state index contributed by atoms with van der Waals surface area (Å²) in [6, 6.07) is 2.20. The molecule has 1 aromatic rings. The maximum absolute atomic E-state index is 4.40. The molecule has 3 heteroatoms. The Bertz CT molecular complexity index is 372. The maximum Gasteiger partial charge on any atom is 0.0443 e. The summed E-state index contributed by atoms with van der Waals surface area (Å²) in [5, 5.41) is 3.38. The molecule has 0 amide bonds. The summed E-state index contributed by atoms with van der Waals surface area (Å²) in [7, 11) is 2.20. The summed E-state index contributed by atoms with van der Waals surface area (Å²) in [6.07, 6.45) is 4.81. The minimum atomic E-state index is 0.911. The van der Waals surface area contributed by atoms with Gasteiger partial charge in [0.25, 0.3) is 0 Å². The van der Waals surface area contributed by atoms with Crippen LogP contribution in [0.3, 0.4) is 0 Å². The van der Waals surface area contributed by atoms with Crippen LogP contribution >= 0.6 is 0 Å². The zero-order chi connectivity index (χ0) is 12.3. The number of anilines is 1. The van der Waals surface area contributed by atoms with Crippen LogP contribution in [0.5, 0.6) is 0 Å². The van der Waals surface area contributed by atoms with E-state index in [2.05, 4.69) is 42.2 Å². The van der Waals surface area contributed by atoms with Crippen LogP contribution in [0.2, 0.25) is 0 Å². The lowest BCUT2D eigenvalue weighted by Gasteiger charge is -2.22. The van der Waals surface area contributed by atoms with E-state index in [1.165, 1.54) is 30.6 Å². The van der Waals surface area contributed by atoms with Gasteiger partial charge in [-0.05, 0) is 38.3 Å². The molecule has 0 spiro atoms. The highest BCUT2D eigenvalue weighted by Crippen LogP contribution is 2.31. The smallest absolute Gasteiger partial charge is 0.0443 e. The fraction of sp³-hybridized carbons (Fsp3) is 0.643. The van der Waals surface area contributed by atoms with E-state index in [0.717, 1.165) is 24.7 Å². The quantitative estimate of drug-likeness (QED) is 0.817. The van der Waals surface area contributed by atoms with Gasteiger partial charge in [0.2, 0.25) is 0 Å². The van der Waals surface area contributed by atoms with Gasteiger partial charge in [0.05, 0.1) is 0 Å². The van der Waals surface area contributed by atoms with E-state index in [-0.39, 0.29) is 0 Å². The lowest BCUT2D eigenvalue weighted by molar-refractivity contribution is 0.714. The molecule has 1 aliphatic carbocycles. The van der Waals surface area contributed by atoms with Gasteiger partial charge in [0.15, 0.2) is 0 Å². The third-order valence-electron chi connectivity index (χ3n) is 3.30. The van der Waals surface area contributed by atoms with Gasteiger partial charge < -0.3 is 10.2 Å². The number of hydrogen-bond acceptors (Lipinski definition) is 3. The second-order valence-electron chi connectivity index (χ2n) is 5.06. The van der Waals surface area contributed by atoms with Crippen LogP contribution in [-0.4, -0.2) is 25.1 Å². The zero-order valence-corrected chi connectivity index (χ0v) is 11.2. The van der Waals surface area contributed by atoms with E-state index < -0.39 is 0 Å². The average Bonchev–Trinajstić information content (AvgIpc) is 3.11. The molecule has 0 radical (unpaired) electrons. The minimum Gasteiger partial charge on any atom is -0.374 e. The molecule has 0 aliphatic heterocycles. The number of aryl methyl sites for hydroxylation is 1. The number of aromatic nitrogens is 1. The molecular weight excluding hydrogens is 210 g/mol. The van der Waals surface area contributed by atoms with Crippen molar-refractivity contribution in [1.29, 1.82) is 0 Å². The Morgan fingerprint density at radius 3 is 2.88 bits per heavy atom. The molecule has 1 heterocycles. The van der Waals surface area contributed by atoms with Crippen LogP contribution in [0, 0.1) is 12.8 Å². The van der Waals surface area contributed by atoms with E-state index >= 15 is 0 Å². The number of hydrogen-bond donors (Lipinski definition) is 1. The van der Waals surface area contributed by atoms with Crippen LogP contribution in [-0.2, 0) is 6.54 Å². The molecular formula is C14H23N3. The van der Waals surface area contributed by atoms with Crippen LogP contribution in [0.1, 0.15) is 31.0 Å². The van der Waals surface area contributed by atoms with Crippen molar-refractivity contribution >= 4 is 5.69 Å². The van der Waals surface area contributed by atoms with Crippen molar-refractivity contribution in [2.75, 3.05) is 25.0 Å². The van der Waals surface area contributed by atoms with E-state index in [1.54, 1.807) is 0 Å². The molecule has 1 aromatic heterocycles. The average molecular weight is 233 g/mol. The molecule has 0 saturated heterocycles. The first kappa shape index (κ1) is 12.4. The van der Waals surface area contributed by atoms with Gasteiger partial charge in [-0.15, -0.1) is 0 Å². The normalized spacial score (nSPS) is 15.0. The fourth-order valence-electron chi connectivity index (χ4n) is 2.11. The maximum atomic E-state index is 4.40. The summed E-state index contributed by atoms with van der Waals surface area (Å²) in [5.74, 6) is 0.917. The molecule has 1 N–H and O–H groups in total. The predicted octanol–water partition coefficient (Wildman–Crippen LogP) is 2.35. The largest absolute Gasteiger partial charge is 0.374 e. The molecule has 0 atom stereocenters. The SMILES string of the molecule is CCNCc1cnc(C)cc1N(C)CC1CC1. The van der Waals surface area contributed by atoms with Crippen LogP contribution in [0.4, 0.5) is 5.69 Å². The van der Waals surface area contributed by atoms with Crippen LogP contribution < -0.4 is 10.2 Å². The standard InChI is InChI=1S/C14H23N3/c1-4-15-8-13-9-16-11(2)7-14(13)17(3)10-12-5-6-12/h7,9,12,15H,4-6,8,10H2,1-3H3. The molecule has 1 aliphatic rings. The predicted molar refractivity (Wildman–Crippen MR) is 72.3 cm³/mol. The highest BCUT2D eigenvalue weighted by Gasteiger charge is 2.23. The number of pyridine rings is 1. The molecule has 3 nitrogen and oxygen atoms in total. The van der Waals surface area contributed by atoms with Gasteiger partial charge >= 0.3 is 0 Å². The van der Waals surface area contributed by atoms with Gasteiger partial charge in [0, 0.05) is 43.3 Å². The van der Waals surface area contributed by atoms with E-state index in [4.69, 9.17) is 0 Å². The topological polar surface area (TPSA) is 28.2 Å². The monoisotopic (exact) mass is 233 g/mol. The molecule has 0 unspecified atom stereocenters. The first-order chi connectivity index (χ1) is 8.20. The second kappa shape index (κ2) is 5.50. The van der Waals surface area contributed by atoms with Crippen LogP contribution in [0.25, 0.3) is 0 Å². The Morgan fingerprint density at radius 2 is 2.24 bits per heavy atom. The third-order valence-corrected chi connectivity index (χ3v) is 3.30. The molecule has 17 heavy (non-hydrogen) atoms. The number of nitrogens with one attached hydrogen (secondary N) is 1. The molecule has 94 valence electrons. The Balaban J connectivity index is 2.12. The van der Waals surface area contributed by atoms with Crippen molar-refractivity contribution in [3.63, 3.8) is 0 Å². The number of rotatable bonds is 6. The van der Waals surface area contributed by atoms with Gasteiger partial charge in [-0.1, -0.05) is 6.92 Å². The Labute approximate surface area is 104 Å². The minimum absolute atomic E-state index is 0.911. The lowest BCUT2D eigenvalue weighted by atomic mass is 10.2. The van der Waals surface area contributed by atoms with Crippen molar-refractivity contribution in [2.24, 2.45) is 5.92 Å². The molecule has 2 rings (SSSR count). The van der Waals surface area contributed by atoms with Crippen molar-refractivity contribution in [1.82, 2.24) is 10.3 Å². The summed E-state index contributed by atoms with van der Waals surface area (Å²) < 4.78 is 0. The molecule has 1 fully saturated rings. The Morgan fingerprint density at radius 1 is 1.47 bits per heavy atom. The first-order valence-corrected chi connectivity index (χ1v) is 6.58. The molecule has 0 bridgehead atoms. The van der Waals surface area contributed by atoms with Crippen molar-refractivity contribution in [3.8, 4) is 0 Å². The summed E-state index contributed by atoms with van der Waals surface area (Å²) in [6.45, 7) is 7.29. The molecule has 1 saturated carbocycles. The first-order valence-electron chi connectivity index (χ1n) is 6.58. The number of nitrogens with zero attached hydrogens (tertiary/aromatic N) is 2. The van der Waals surface area contributed by atoms with E-state index in [9.17, 15) is 0 Å². The summed E-state index contributed by atoms with van der Waals surface area (Å²) >= 11 is 0. The zero-order valence-electron chi connectivity index (χ0n) is 11.2. The van der Waals surface area contributed by atoms with Gasteiger partial charge in [0.1, 0.15) is 0 Å². The second-order valence-corrected chi connectivity index (χ2v) is 5.06. The van der Waals surface area contributed by atoms with Gasteiger partial charge in [-0.2, -0.15) is 0 Å². The Kier molecular flexibility index (Phi) is 4.00. The highest BCUT2D eigenvalue weighted by atomic mass is 15.1. The highest BCUT2D eigenvalue weighted by molar-refractivity contribution is 5.53. The van der Waals surface area contributed by atoms with Crippen LogP contribution in [0.15, 0.2) is 12.3 Å². The van der Waals surface area contributed by atoms with E-state index in [1.807, 2.05) is 6.20 Å². The van der Waals surface area contributed by atoms with Crippen molar-refractivity contribution < 1.29 is 0 Å². The fourth-order valence-corrected chi connectivity index (χ4v) is 2.11. The van der Waals surface area contributed by atoms with Crippen molar-refractivity contribution in [3.05, 3.63) is 23.5 Å². The molecule has 0 aromatic carbocycles. The van der Waals surface area contributed by atoms with Crippen molar-refractivity contribution in [2.45, 2.75) is 33.2 Å². The lowest BCUT2D eigenvalue weighted by Crippen LogP contribution is -2.23. The van der Waals surface area contributed by atoms with E-state index in [0.29, 0.717) is 0 Å². The van der Waals surface area contributed by atoms with Gasteiger partial charge in [-0.3, -0.25) is 4.98 Å². The summed E-state index contributed by atoms with van der Waals surface area (Å²) in [5.41, 5.74) is 3.74. The van der Waals surface area contributed by atoms with Gasteiger partial charge in [-0.25, -0.2) is 0 Å². The summed E-state index contributed by atoms with van der Waals surface area (Å²) in [4.78, 5) is 6.79. The Hall–Kier alpha value is -1.09. The third kappa shape index (κ3) is 3.43.